The molecule has 22 heavy (non-hydrogen) atoms. The first-order valence-corrected chi connectivity index (χ1v) is 8.59. The van der Waals surface area contributed by atoms with Gasteiger partial charge in [-0.1, -0.05) is 0 Å². The molecule has 1 aliphatic rings. The number of halogens is 2. The Kier molecular flexibility index (Phi) is 5.29. The molecule has 2 amide bonds. The summed E-state index contributed by atoms with van der Waals surface area (Å²) in [6.07, 6.45) is 0. The lowest BCUT2D eigenvalue weighted by Gasteiger charge is -2.40. The Morgan fingerprint density at radius 2 is 1.95 bits per heavy atom. The Bertz CT molecular complexity index is 594. The SMILES string of the molecule is Cc1cc(Br)c(NC(=O)CN2CCNC(=O)C2(C)C)c(Br)c1. The third kappa shape index (κ3) is 3.70. The Balaban J connectivity index is 2.09. The smallest absolute Gasteiger partial charge is 0.240 e. The van der Waals surface area contributed by atoms with Gasteiger partial charge in [0.25, 0.3) is 0 Å². The van der Waals surface area contributed by atoms with Gasteiger partial charge in [0, 0.05) is 22.0 Å². The van der Waals surface area contributed by atoms with E-state index in [1.54, 1.807) is 0 Å². The zero-order chi connectivity index (χ0) is 16.5. The minimum absolute atomic E-state index is 0.0516. The van der Waals surface area contributed by atoms with E-state index in [1.165, 1.54) is 0 Å². The number of hydrogen-bond donors (Lipinski definition) is 2. The second-order valence-corrected chi connectivity index (χ2v) is 7.60. The molecule has 0 bridgehead atoms. The molecule has 0 unspecified atom stereocenters. The van der Waals surface area contributed by atoms with Crippen LogP contribution in [0.4, 0.5) is 5.69 Å². The first kappa shape index (κ1) is 17.4. The lowest BCUT2D eigenvalue weighted by Crippen LogP contribution is -2.62. The van der Waals surface area contributed by atoms with Crippen LogP contribution in [-0.4, -0.2) is 41.9 Å². The number of rotatable bonds is 3. The highest BCUT2D eigenvalue weighted by Gasteiger charge is 2.38. The van der Waals surface area contributed by atoms with Gasteiger partial charge in [0.05, 0.1) is 17.8 Å². The number of hydrogen-bond acceptors (Lipinski definition) is 3. The van der Waals surface area contributed by atoms with E-state index >= 15 is 0 Å². The molecule has 1 saturated heterocycles. The number of amides is 2. The van der Waals surface area contributed by atoms with Crippen molar-refractivity contribution in [2.75, 3.05) is 25.0 Å². The number of benzene rings is 1. The summed E-state index contributed by atoms with van der Waals surface area (Å²) in [7, 11) is 0. The predicted molar refractivity (Wildman–Crippen MR) is 93.9 cm³/mol. The minimum atomic E-state index is -0.683. The van der Waals surface area contributed by atoms with E-state index in [1.807, 2.05) is 37.8 Å². The van der Waals surface area contributed by atoms with Gasteiger partial charge in [-0.15, -0.1) is 0 Å². The van der Waals surface area contributed by atoms with Crippen molar-refractivity contribution in [1.29, 1.82) is 0 Å². The average Bonchev–Trinajstić information content (AvgIpc) is 2.40. The molecule has 1 aromatic carbocycles. The van der Waals surface area contributed by atoms with Gasteiger partial charge in [0.2, 0.25) is 11.8 Å². The van der Waals surface area contributed by atoms with Crippen LogP contribution in [-0.2, 0) is 9.59 Å². The molecule has 0 aromatic heterocycles. The number of nitrogens with zero attached hydrogens (tertiary/aromatic N) is 1. The van der Waals surface area contributed by atoms with Gasteiger partial charge in [-0.25, -0.2) is 0 Å². The highest BCUT2D eigenvalue weighted by Crippen LogP contribution is 2.32. The molecular formula is C15H19Br2N3O2. The summed E-state index contributed by atoms with van der Waals surface area (Å²) >= 11 is 6.92. The fraction of sp³-hybridized carbons (Fsp3) is 0.467. The molecule has 2 rings (SSSR count). The normalized spacial score (nSPS) is 18.0. The molecule has 5 nitrogen and oxygen atoms in total. The summed E-state index contributed by atoms with van der Waals surface area (Å²) in [4.78, 5) is 26.1. The van der Waals surface area contributed by atoms with Crippen LogP contribution in [0.2, 0.25) is 0 Å². The maximum atomic E-state index is 12.3. The summed E-state index contributed by atoms with van der Waals surface area (Å²) in [6, 6.07) is 3.89. The van der Waals surface area contributed by atoms with E-state index in [4.69, 9.17) is 0 Å². The third-order valence-corrected chi connectivity index (χ3v) is 5.05. The Hall–Kier alpha value is -0.920. The van der Waals surface area contributed by atoms with Crippen molar-refractivity contribution in [1.82, 2.24) is 10.2 Å². The number of nitrogens with one attached hydrogen (secondary N) is 2. The summed E-state index contributed by atoms with van der Waals surface area (Å²) < 4.78 is 1.65. The van der Waals surface area contributed by atoms with Crippen molar-refractivity contribution in [2.24, 2.45) is 0 Å². The van der Waals surface area contributed by atoms with E-state index in [0.29, 0.717) is 18.8 Å². The number of aryl methyl sites for hydroxylation is 1. The molecule has 0 atom stereocenters. The highest BCUT2D eigenvalue weighted by atomic mass is 79.9. The molecule has 7 heteroatoms. The third-order valence-electron chi connectivity index (χ3n) is 3.80. The fourth-order valence-corrected chi connectivity index (χ4v) is 4.01. The largest absolute Gasteiger partial charge is 0.353 e. The van der Waals surface area contributed by atoms with Crippen LogP contribution >= 0.6 is 31.9 Å². The number of carbonyl (C=O) groups excluding carboxylic acids is 2. The monoisotopic (exact) mass is 431 g/mol. The lowest BCUT2D eigenvalue weighted by molar-refractivity contribution is -0.136. The zero-order valence-corrected chi connectivity index (χ0v) is 16.0. The van der Waals surface area contributed by atoms with Crippen LogP contribution in [0.25, 0.3) is 0 Å². The van der Waals surface area contributed by atoms with Crippen LogP contribution in [0.3, 0.4) is 0 Å². The van der Waals surface area contributed by atoms with Crippen LogP contribution in [0.15, 0.2) is 21.1 Å². The molecule has 0 saturated carbocycles. The van der Waals surface area contributed by atoms with Gasteiger partial charge in [-0.05, 0) is 70.3 Å². The summed E-state index contributed by atoms with van der Waals surface area (Å²) in [5.74, 6) is -0.197. The second-order valence-electron chi connectivity index (χ2n) is 5.89. The Labute approximate surface area is 147 Å². The maximum Gasteiger partial charge on any atom is 0.240 e. The fourth-order valence-electron chi connectivity index (χ4n) is 2.39. The van der Waals surface area contributed by atoms with Gasteiger partial charge in [0.15, 0.2) is 0 Å². The van der Waals surface area contributed by atoms with Crippen molar-refractivity contribution in [3.05, 3.63) is 26.6 Å². The van der Waals surface area contributed by atoms with E-state index in [-0.39, 0.29) is 18.4 Å². The molecule has 1 aromatic rings. The van der Waals surface area contributed by atoms with Crippen LogP contribution in [0.1, 0.15) is 19.4 Å². The molecular weight excluding hydrogens is 414 g/mol. The zero-order valence-electron chi connectivity index (χ0n) is 12.8. The van der Waals surface area contributed by atoms with Gasteiger partial charge < -0.3 is 10.6 Å². The molecule has 1 heterocycles. The standard InChI is InChI=1S/C15H19Br2N3O2/c1-9-6-10(16)13(11(17)7-9)19-12(21)8-20-5-4-18-14(22)15(20,2)3/h6-7H,4-5,8H2,1-3H3,(H,18,22)(H,19,21). The molecule has 0 aliphatic carbocycles. The van der Waals surface area contributed by atoms with E-state index in [2.05, 4.69) is 42.5 Å². The molecule has 1 fully saturated rings. The van der Waals surface area contributed by atoms with Gasteiger partial charge in [0.1, 0.15) is 0 Å². The van der Waals surface area contributed by atoms with Crippen LogP contribution < -0.4 is 10.6 Å². The molecule has 2 N–H and O–H groups in total. The van der Waals surface area contributed by atoms with Crippen LogP contribution in [0, 0.1) is 6.92 Å². The topological polar surface area (TPSA) is 61.4 Å². The van der Waals surface area contributed by atoms with Crippen molar-refractivity contribution >= 4 is 49.4 Å². The summed E-state index contributed by atoms with van der Waals surface area (Å²) in [6.45, 7) is 7.03. The molecule has 0 radical (unpaired) electrons. The Morgan fingerprint density at radius 3 is 2.55 bits per heavy atom. The molecule has 1 aliphatic heterocycles. The summed E-state index contributed by atoms with van der Waals surface area (Å²) in [5.41, 5.74) is 1.11. The van der Waals surface area contributed by atoms with E-state index < -0.39 is 5.54 Å². The maximum absolute atomic E-state index is 12.3. The minimum Gasteiger partial charge on any atom is -0.353 e. The second kappa shape index (κ2) is 6.68. The number of anilines is 1. The van der Waals surface area contributed by atoms with E-state index in [0.717, 1.165) is 14.5 Å². The predicted octanol–water partition coefficient (Wildman–Crippen LogP) is 2.67. The molecule has 120 valence electrons. The van der Waals surface area contributed by atoms with Crippen molar-refractivity contribution in [3.8, 4) is 0 Å². The highest BCUT2D eigenvalue weighted by molar-refractivity contribution is 9.11. The Morgan fingerprint density at radius 1 is 1.36 bits per heavy atom. The van der Waals surface area contributed by atoms with Gasteiger partial charge in [-0.2, -0.15) is 0 Å². The number of piperazine rings is 1. The first-order chi connectivity index (χ1) is 10.2. The molecule has 0 spiro atoms. The lowest BCUT2D eigenvalue weighted by atomic mass is 9.99. The number of carbonyl (C=O) groups is 2. The summed E-state index contributed by atoms with van der Waals surface area (Å²) in [5, 5.41) is 5.72. The van der Waals surface area contributed by atoms with Gasteiger partial charge in [-0.3, -0.25) is 14.5 Å². The van der Waals surface area contributed by atoms with Crippen molar-refractivity contribution in [3.63, 3.8) is 0 Å². The quantitative estimate of drug-likeness (QED) is 0.771. The first-order valence-electron chi connectivity index (χ1n) is 7.00. The average molecular weight is 433 g/mol. The van der Waals surface area contributed by atoms with Crippen LogP contribution in [0.5, 0.6) is 0 Å². The van der Waals surface area contributed by atoms with E-state index in [9.17, 15) is 9.59 Å². The van der Waals surface area contributed by atoms with Crippen molar-refractivity contribution in [2.45, 2.75) is 26.3 Å². The van der Waals surface area contributed by atoms with Gasteiger partial charge >= 0.3 is 0 Å². The van der Waals surface area contributed by atoms with Crippen molar-refractivity contribution < 1.29 is 9.59 Å².